The zero-order valence-electron chi connectivity index (χ0n) is 14.9. The van der Waals surface area contributed by atoms with Crippen molar-refractivity contribution in [3.63, 3.8) is 0 Å². The van der Waals surface area contributed by atoms with Gasteiger partial charge in [0.2, 0.25) is 0 Å². The Hall–Kier alpha value is -2.75. The van der Waals surface area contributed by atoms with Crippen LogP contribution in [0.3, 0.4) is 0 Å². The van der Waals surface area contributed by atoms with Crippen LogP contribution in [0.1, 0.15) is 47.5 Å². The Morgan fingerprint density at radius 2 is 2.00 bits per heavy atom. The van der Waals surface area contributed by atoms with Gasteiger partial charge in [-0.15, -0.1) is 0 Å². The molecule has 1 aliphatic rings. The molecule has 0 spiro atoms. The van der Waals surface area contributed by atoms with Crippen LogP contribution in [-0.2, 0) is 9.47 Å². The third kappa shape index (κ3) is 4.00. The van der Waals surface area contributed by atoms with Gasteiger partial charge in [0.1, 0.15) is 11.9 Å². The number of benzene rings is 2. The summed E-state index contributed by atoms with van der Waals surface area (Å²) in [6.07, 6.45) is 1.46. The highest BCUT2D eigenvalue weighted by Gasteiger charge is 2.25. The molecule has 6 heteroatoms. The lowest BCUT2D eigenvalue weighted by Gasteiger charge is -2.29. The Balaban J connectivity index is 1.99. The van der Waals surface area contributed by atoms with Crippen LogP contribution in [0, 0.1) is 23.1 Å². The Morgan fingerprint density at radius 1 is 1.26 bits per heavy atom. The summed E-state index contributed by atoms with van der Waals surface area (Å²) < 4.78 is 25.6. The third-order valence-corrected chi connectivity index (χ3v) is 4.63. The summed E-state index contributed by atoms with van der Waals surface area (Å²) in [5, 5.41) is 18.8. The predicted molar refractivity (Wildman–Crippen MR) is 96.6 cm³/mol. The summed E-state index contributed by atoms with van der Waals surface area (Å²) in [6, 6.07) is 10.6. The molecular weight excluding hydrogens is 349 g/mol. The van der Waals surface area contributed by atoms with E-state index in [9.17, 15) is 19.6 Å². The molecule has 1 fully saturated rings. The number of nitriles is 1. The largest absolute Gasteiger partial charge is 0.478 e. The predicted octanol–water partition coefficient (Wildman–Crippen LogP) is 4.52. The first kappa shape index (κ1) is 19.0. The molecule has 0 radical (unpaired) electrons. The first-order valence-electron chi connectivity index (χ1n) is 8.84. The normalized spacial score (nSPS) is 19.4. The quantitative estimate of drug-likeness (QED) is 0.838. The van der Waals surface area contributed by atoms with Gasteiger partial charge in [-0.2, -0.15) is 5.26 Å². The first-order valence-corrected chi connectivity index (χ1v) is 8.84. The molecule has 1 saturated heterocycles. The van der Waals surface area contributed by atoms with Crippen molar-refractivity contribution >= 4 is 5.97 Å². The van der Waals surface area contributed by atoms with Gasteiger partial charge >= 0.3 is 5.97 Å². The molecule has 0 amide bonds. The van der Waals surface area contributed by atoms with E-state index in [1.807, 2.05) is 6.07 Å². The van der Waals surface area contributed by atoms with E-state index in [0.717, 1.165) is 12.8 Å². The van der Waals surface area contributed by atoms with Crippen LogP contribution >= 0.6 is 0 Å². The molecule has 0 bridgehead atoms. The van der Waals surface area contributed by atoms with Crippen molar-refractivity contribution in [1.29, 1.82) is 5.26 Å². The molecule has 5 nitrogen and oxygen atoms in total. The lowest BCUT2D eigenvalue weighted by molar-refractivity contribution is -0.206. The van der Waals surface area contributed by atoms with E-state index >= 15 is 0 Å². The maximum absolute atomic E-state index is 14.0. The summed E-state index contributed by atoms with van der Waals surface area (Å²) in [5.41, 5.74) is 0.930. The fourth-order valence-electron chi connectivity index (χ4n) is 3.29. The number of rotatable bonds is 5. The molecule has 27 heavy (non-hydrogen) atoms. The fourth-order valence-corrected chi connectivity index (χ4v) is 3.29. The topological polar surface area (TPSA) is 79.5 Å². The molecule has 0 atom stereocenters. The molecule has 2 aromatic carbocycles. The van der Waals surface area contributed by atoms with E-state index in [2.05, 4.69) is 6.92 Å². The van der Waals surface area contributed by atoms with Gasteiger partial charge in [0.15, 0.2) is 6.29 Å². The minimum Gasteiger partial charge on any atom is -0.478 e. The fraction of sp³-hybridized carbons (Fsp3) is 0.333. The van der Waals surface area contributed by atoms with Gasteiger partial charge in [-0.05, 0) is 30.2 Å². The van der Waals surface area contributed by atoms with E-state index in [-0.39, 0.29) is 22.3 Å². The summed E-state index contributed by atoms with van der Waals surface area (Å²) >= 11 is 0. The van der Waals surface area contributed by atoms with Gasteiger partial charge in [0, 0.05) is 17.0 Å². The molecule has 0 unspecified atom stereocenters. The molecule has 1 heterocycles. The Morgan fingerprint density at radius 3 is 2.63 bits per heavy atom. The first-order chi connectivity index (χ1) is 13.0. The lowest BCUT2D eigenvalue weighted by atomic mass is 9.93. The van der Waals surface area contributed by atoms with Crippen LogP contribution in [0.5, 0.6) is 0 Å². The van der Waals surface area contributed by atoms with E-state index in [0.29, 0.717) is 24.7 Å². The number of hydrogen-bond acceptors (Lipinski definition) is 4. The molecule has 0 aliphatic carbocycles. The van der Waals surface area contributed by atoms with Crippen molar-refractivity contribution in [2.24, 2.45) is 5.92 Å². The number of carbonyl (C=O) groups is 1. The van der Waals surface area contributed by atoms with Crippen LogP contribution in [-0.4, -0.2) is 24.3 Å². The average molecular weight is 369 g/mol. The van der Waals surface area contributed by atoms with Crippen molar-refractivity contribution < 1.29 is 23.8 Å². The number of hydrogen-bond donors (Lipinski definition) is 1. The van der Waals surface area contributed by atoms with Crippen molar-refractivity contribution in [3.8, 4) is 17.2 Å². The molecule has 140 valence electrons. The number of carboxylic acids is 1. The van der Waals surface area contributed by atoms with Gasteiger partial charge in [-0.25, -0.2) is 9.18 Å². The molecule has 0 saturated carbocycles. The van der Waals surface area contributed by atoms with Gasteiger partial charge in [0.05, 0.1) is 24.3 Å². The highest BCUT2D eigenvalue weighted by atomic mass is 19.1. The second kappa shape index (κ2) is 8.30. The van der Waals surface area contributed by atoms with Crippen LogP contribution < -0.4 is 0 Å². The number of nitrogens with zero attached hydrogens (tertiary/aromatic N) is 1. The molecule has 1 N–H and O–H groups in total. The minimum absolute atomic E-state index is 0.0134. The van der Waals surface area contributed by atoms with Crippen molar-refractivity contribution in [2.45, 2.75) is 26.1 Å². The number of ether oxygens (including phenoxy) is 2. The monoisotopic (exact) mass is 369 g/mol. The van der Waals surface area contributed by atoms with E-state index in [1.165, 1.54) is 24.3 Å². The third-order valence-electron chi connectivity index (χ3n) is 4.63. The standard InChI is InChI=1S/C21H20FNO4/c1-2-4-13-11-26-21(27-12-13)14-7-8-16(20(24)25)17(9-14)15-5-3-6-19(22)18(15)10-23/h3,5-9,13,21H,2,4,11-12H2,1H3,(H,24,25). The number of carboxylic acid groups (broad SMARTS) is 1. The summed E-state index contributed by atoms with van der Waals surface area (Å²) in [6.45, 7) is 3.24. The average Bonchev–Trinajstić information content (AvgIpc) is 2.68. The van der Waals surface area contributed by atoms with E-state index in [1.54, 1.807) is 12.1 Å². The number of aromatic carboxylic acids is 1. The molecular formula is C21H20FNO4. The van der Waals surface area contributed by atoms with Gasteiger partial charge in [-0.3, -0.25) is 0 Å². The zero-order valence-corrected chi connectivity index (χ0v) is 14.9. The summed E-state index contributed by atoms with van der Waals surface area (Å²) in [7, 11) is 0. The van der Waals surface area contributed by atoms with Crippen LogP contribution in [0.25, 0.3) is 11.1 Å². The van der Waals surface area contributed by atoms with Crippen molar-refractivity contribution in [3.05, 3.63) is 58.9 Å². The zero-order chi connectivity index (χ0) is 19.4. The maximum atomic E-state index is 14.0. The van der Waals surface area contributed by atoms with Crippen molar-refractivity contribution in [2.75, 3.05) is 13.2 Å². The second-order valence-corrected chi connectivity index (χ2v) is 6.54. The maximum Gasteiger partial charge on any atom is 0.336 e. The second-order valence-electron chi connectivity index (χ2n) is 6.54. The van der Waals surface area contributed by atoms with Crippen LogP contribution in [0.4, 0.5) is 4.39 Å². The van der Waals surface area contributed by atoms with Crippen molar-refractivity contribution in [1.82, 2.24) is 0 Å². The summed E-state index contributed by atoms with van der Waals surface area (Å²) in [5.74, 6) is -1.50. The van der Waals surface area contributed by atoms with Gasteiger partial charge in [0.25, 0.3) is 0 Å². The van der Waals surface area contributed by atoms with Crippen LogP contribution in [0.2, 0.25) is 0 Å². The molecule has 1 aliphatic heterocycles. The van der Waals surface area contributed by atoms with Crippen LogP contribution in [0.15, 0.2) is 36.4 Å². The highest BCUT2D eigenvalue weighted by Crippen LogP contribution is 2.34. The van der Waals surface area contributed by atoms with Gasteiger partial charge < -0.3 is 14.6 Å². The Labute approximate surface area is 157 Å². The highest BCUT2D eigenvalue weighted by molar-refractivity contribution is 5.97. The SMILES string of the molecule is CCCC1COC(c2ccc(C(=O)O)c(-c3cccc(F)c3C#N)c2)OC1. The number of halogens is 1. The minimum atomic E-state index is -1.15. The lowest BCUT2D eigenvalue weighted by Crippen LogP contribution is -2.27. The Kier molecular flexibility index (Phi) is 5.84. The smallest absolute Gasteiger partial charge is 0.336 e. The van der Waals surface area contributed by atoms with E-state index in [4.69, 9.17) is 9.47 Å². The van der Waals surface area contributed by atoms with Gasteiger partial charge in [-0.1, -0.05) is 31.5 Å². The molecule has 3 rings (SSSR count). The molecule has 2 aromatic rings. The van der Waals surface area contributed by atoms with E-state index < -0.39 is 18.1 Å². The molecule has 0 aromatic heterocycles. The Bertz CT molecular complexity index is 882. The summed E-state index contributed by atoms with van der Waals surface area (Å²) in [4.78, 5) is 11.6.